The summed E-state index contributed by atoms with van der Waals surface area (Å²) in [7, 11) is 0. The smallest absolute Gasteiger partial charge is 0.313 e. The molecule has 1 aliphatic rings. The summed E-state index contributed by atoms with van der Waals surface area (Å²) >= 11 is 16.6. The van der Waals surface area contributed by atoms with E-state index in [4.69, 9.17) is 44.3 Å². The molecule has 0 unspecified atom stereocenters. The highest BCUT2D eigenvalue weighted by Gasteiger charge is 2.44. The Morgan fingerprint density at radius 2 is 1.85 bits per heavy atom. The Kier molecular flexibility index (Phi) is 3.33. The second-order valence-electron chi connectivity index (χ2n) is 2.94. The monoisotopic (exact) mass is 246 g/mol. The van der Waals surface area contributed by atoms with Crippen molar-refractivity contribution in [3.05, 3.63) is 0 Å². The minimum absolute atomic E-state index is 0.304. The lowest BCUT2D eigenvalue weighted by Crippen LogP contribution is -2.46. The second-order valence-corrected chi connectivity index (χ2v) is 5.31. The van der Waals surface area contributed by atoms with Gasteiger partial charge in [-0.1, -0.05) is 34.8 Å². The molecule has 0 aliphatic carbocycles. The van der Waals surface area contributed by atoms with E-state index >= 15 is 0 Å². The van der Waals surface area contributed by atoms with E-state index in [0.717, 1.165) is 0 Å². The minimum atomic E-state index is -1.73. The lowest BCUT2D eigenvalue weighted by atomic mass is 10.1. The van der Waals surface area contributed by atoms with E-state index in [1.165, 1.54) is 0 Å². The molecule has 0 aromatic rings. The molecule has 6 heteroatoms. The first kappa shape index (κ1) is 11.4. The van der Waals surface area contributed by atoms with Crippen LogP contribution in [0.25, 0.3) is 0 Å². The predicted octanol–water partition coefficient (Wildman–Crippen LogP) is 2.28. The van der Waals surface area contributed by atoms with Gasteiger partial charge in [0.2, 0.25) is 0 Å². The molecular weight excluding hydrogens is 238 g/mol. The number of rotatable bonds is 0. The summed E-state index contributed by atoms with van der Waals surface area (Å²) in [6, 6.07) is 0. The Balaban J connectivity index is 2.69. The van der Waals surface area contributed by atoms with Gasteiger partial charge >= 0.3 is 5.97 Å². The van der Waals surface area contributed by atoms with Crippen molar-refractivity contribution in [1.29, 1.82) is 0 Å². The lowest BCUT2D eigenvalue weighted by molar-refractivity contribution is -0.223. The first-order chi connectivity index (χ1) is 5.82. The van der Waals surface area contributed by atoms with E-state index in [1.807, 2.05) is 0 Å². The third-order valence-corrected chi connectivity index (χ3v) is 2.44. The summed E-state index contributed by atoms with van der Waals surface area (Å²) in [4.78, 5) is 11.2. The number of hydrogen-bond donors (Lipinski definition) is 0. The molecule has 0 aromatic heterocycles. The molecule has 1 heterocycles. The van der Waals surface area contributed by atoms with Crippen molar-refractivity contribution < 1.29 is 14.3 Å². The molecule has 0 spiro atoms. The van der Waals surface area contributed by atoms with Crippen molar-refractivity contribution in [1.82, 2.24) is 0 Å². The molecule has 76 valence electrons. The van der Waals surface area contributed by atoms with E-state index < -0.39 is 16.1 Å². The molecule has 0 N–H and O–H groups in total. The predicted molar refractivity (Wildman–Crippen MR) is 49.9 cm³/mol. The van der Waals surface area contributed by atoms with Crippen LogP contribution < -0.4 is 0 Å². The molecule has 1 fully saturated rings. The fraction of sp³-hybridized carbons (Fsp3) is 0.857. The summed E-state index contributed by atoms with van der Waals surface area (Å²) in [6.07, 6.45) is -1.42. The van der Waals surface area contributed by atoms with Crippen LogP contribution in [0.3, 0.4) is 0 Å². The van der Waals surface area contributed by atoms with Crippen LogP contribution in [0.2, 0.25) is 0 Å². The second kappa shape index (κ2) is 3.81. The largest absolute Gasteiger partial charge is 0.431 e. The maximum Gasteiger partial charge on any atom is 0.313 e. The third-order valence-electron chi connectivity index (χ3n) is 1.90. The van der Waals surface area contributed by atoms with Gasteiger partial charge in [-0.2, -0.15) is 0 Å². The standard InChI is InChI=1S/C7H9Cl3O3/c1-3-4(2)12-6(7(8,9)10)13-5(3)11/h3-4,6H,1-2H3/t3-,4-,6-/m1/s1. The van der Waals surface area contributed by atoms with Crippen LogP contribution in [0, 0.1) is 5.92 Å². The number of cyclic esters (lactones) is 1. The number of carbonyl (C=O) groups is 1. The molecule has 3 atom stereocenters. The van der Waals surface area contributed by atoms with Crippen LogP contribution in [-0.4, -0.2) is 22.2 Å². The van der Waals surface area contributed by atoms with E-state index in [9.17, 15) is 4.79 Å². The summed E-state index contributed by atoms with van der Waals surface area (Å²) in [5.74, 6) is -0.737. The van der Waals surface area contributed by atoms with Gasteiger partial charge in [-0.25, -0.2) is 0 Å². The lowest BCUT2D eigenvalue weighted by Gasteiger charge is -2.34. The van der Waals surface area contributed by atoms with Gasteiger partial charge in [0.25, 0.3) is 10.1 Å². The summed E-state index contributed by atoms with van der Waals surface area (Å²) < 4.78 is 8.24. The molecule has 0 saturated carbocycles. The zero-order chi connectivity index (χ0) is 10.2. The number of esters is 1. The average Bonchev–Trinajstić information content (AvgIpc) is 1.97. The Hall–Kier alpha value is 0.300. The summed E-state index contributed by atoms with van der Waals surface area (Å²) in [6.45, 7) is 3.43. The molecule has 1 saturated heterocycles. The third kappa shape index (κ3) is 2.62. The van der Waals surface area contributed by atoms with Crippen LogP contribution in [-0.2, 0) is 14.3 Å². The molecule has 13 heavy (non-hydrogen) atoms. The normalized spacial score (nSPS) is 35.8. The highest BCUT2D eigenvalue weighted by Crippen LogP contribution is 2.36. The molecule has 0 aromatic carbocycles. The van der Waals surface area contributed by atoms with Crippen molar-refractivity contribution in [3.8, 4) is 0 Å². The molecule has 0 radical (unpaired) electrons. The number of hydrogen-bond acceptors (Lipinski definition) is 3. The first-order valence-electron chi connectivity index (χ1n) is 3.75. The van der Waals surface area contributed by atoms with Gasteiger partial charge in [-0.15, -0.1) is 0 Å². The van der Waals surface area contributed by atoms with E-state index in [0.29, 0.717) is 0 Å². The number of halogens is 3. The van der Waals surface area contributed by atoms with Gasteiger partial charge in [0.05, 0.1) is 12.0 Å². The highest BCUT2D eigenvalue weighted by molar-refractivity contribution is 6.68. The SMILES string of the molecule is C[C@H]1O[C@@H](C(Cl)(Cl)Cl)OC(=O)[C@@H]1C. The Bertz CT molecular complexity index is 214. The van der Waals surface area contributed by atoms with Gasteiger partial charge in [-0.3, -0.25) is 4.79 Å². The van der Waals surface area contributed by atoms with Crippen molar-refractivity contribution >= 4 is 40.8 Å². The molecule has 0 bridgehead atoms. The summed E-state index contributed by atoms with van der Waals surface area (Å²) in [5, 5.41) is 0. The first-order valence-corrected chi connectivity index (χ1v) is 4.88. The van der Waals surface area contributed by atoms with E-state index in [2.05, 4.69) is 0 Å². The number of ether oxygens (including phenoxy) is 2. The quantitative estimate of drug-likeness (QED) is 0.487. The summed E-state index contributed by atoms with van der Waals surface area (Å²) in [5.41, 5.74) is 0. The van der Waals surface area contributed by atoms with E-state index in [1.54, 1.807) is 13.8 Å². The molecular formula is C7H9Cl3O3. The highest BCUT2D eigenvalue weighted by atomic mass is 35.6. The Morgan fingerprint density at radius 1 is 1.31 bits per heavy atom. The van der Waals surface area contributed by atoms with Crippen LogP contribution in [0.4, 0.5) is 0 Å². The van der Waals surface area contributed by atoms with Crippen LogP contribution >= 0.6 is 34.8 Å². The van der Waals surface area contributed by atoms with Crippen molar-refractivity contribution in [2.24, 2.45) is 5.92 Å². The topological polar surface area (TPSA) is 35.5 Å². The fourth-order valence-corrected chi connectivity index (χ4v) is 1.18. The van der Waals surface area contributed by atoms with Crippen LogP contribution in [0.1, 0.15) is 13.8 Å². The van der Waals surface area contributed by atoms with E-state index in [-0.39, 0.29) is 12.0 Å². The van der Waals surface area contributed by atoms with Gasteiger partial charge in [-0.05, 0) is 13.8 Å². The fourth-order valence-electron chi connectivity index (χ4n) is 0.889. The average molecular weight is 248 g/mol. The molecule has 0 amide bonds. The van der Waals surface area contributed by atoms with Gasteiger partial charge < -0.3 is 9.47 Å². The van der Waals surface area contributed by atoms with Crippen molar-refractivity contribution in [3.63, 3.8) is 0 Å². The molecule has 1 rings (SSSR count). The minimum Gasteiger partial charge on any atom is -0.431 e. The molecule has 3 nitrogen and oxygen atoms in total. The maximum absolute atomic E-state index is 11.2. The Morgan fingerprint density at radius 3 is 2.23 bits per heavy atom. The van der Waals surface area contributed by atoms with Gasteiger partial charge in [0.1, 0.15) is 0 Å². The van der Waals surface area contributed by atoms with Crippen molar-refractivity contribution in [2.75, 3.05) is 0 Å². The van der Waals surface area contributed by atoms with Crippen LogP contribution in [0.5, 0.6) is 0 Å². The van der Waals surface area contributed by atoms with Crippen LogP contribution in [0.15, 0.2) is 0 Å². The number of carbonyl (C=O) groups excluding carboxylic acids is 1. The van der Waals surface area contributed by atoms with Gasteiger partial charge in [0.15, 0.2) is 0 Å². The number of alkyl halides is 3. The zero-order valence-electron chi connectivity index (χ0n) is 7.09. The zero-order valence-corrected chi connectivity index (χ0v) is 9.36. The maximum atomic E-state index is 11.2. The van der Waals surface area contributed by atoms with Gasteiger partial charge in [0, 0.05) is 0 Å². The Labute approximate surface area is 91.2 Å². The molecule has 1 aliphatic heterocycles. The van der Waals surface area contributed by atoms with Crippen molar-refractivity contribution in [2.45, 2.75) is 30.0 Å².